The third-order valence-electron chi connectivity index (χ3n) is 0.931. The predicted molar refractivity (Wildman–Crippen MR) is 50.4 cm³/mol. The summed E-state index contributed by atoms with van der Waals surface area (Å²) in [5.74, 6) is 0.271. The van der Waals surface area contributed by atoms with Crippen LogP contribution in [0.15, 0.2) is 22.7 Å². The predicted octanol–water partition coefficient (Wildman–Crippen LogP) is 2.12. The molecule has 1 rings (SSSR count). The van der Waals surface area contributed by atoms with Crippen LogP contribution in [0, 0.1) is 0 Å². The molecule has 3 nitrogen and oxygen atoms in total. The number of methoxy groups -OCH3 is 1. The van der Waals surface area contributed by atoms with Gasteiger partial charge in [0.15, 0.2) is 0 Å². The van der Waals surface area contributed by atoms with E-state index in [4.69, 9.17) is 10.2 Å². The molecular formula is C8H11BrO3. The van der Waals surface area contributed by atoms with Crippen molar-refractivity contribution in [1.29, 1.82) is 0 Å². The van der Waals surface area contributed by atoms with Crippen LogP contribution in [0.2, 0.25) is 0 Å². The number of hydrogen-bond acceptors (Lipinski definition) is 3. The minimum atomic E-state index is 0.132. The SMILES string of the molecule is COC.Oc1ccc(O)c(Br)c1. The van der Waals surface area contributed by atoms with E-state index in [1.54, 1.807) is 14.2 Å². The molecule has 1 aromatic rings. The summed E-state index contributed by atoms with van der Waals surface area (Å²) in [4.78, 5) is 0. The molecule has 0 aliphatic carbocycles. The van der Waals surface area contributed by atoms with Crippen LogP contribution in [-0.2, 0) is 4.74 Å². The molecule has 1 aromatic carbocycles. The number of halogens is 1. The van der Waals surface area contributed by atoms with E-state index >= 15 is 0 Å². The van der Waals surface area contributed by atoms with Crippen molar-refractivity contribution in [2.75, 3.05) is 14.2 Å². The average Bonchev–Trinajstić information content (AvgIpc) is 1.99. The molecule has 4 heteroatoms. The molecule has 0 spiro atoms. The molecule has 0 bridgehead atoms. The quantitative estimate of drug-likeness (QED) is 0.677. The van der Waals surface area contributed by atoms with Gasteiger partial charge in [-0.1, -0.05) is 0 Å². The highest BCUT2D eigenvalue weighted by atomic mass is 79.9. The van der Waals surface area contributed by atoms with Crippen molar-refractivity contribution in [2.24, 2.45) is 0 Å². The Hall–Kier alpha value is -0.740. The van der Waals surface area contributed by atoms with Crippen LogP contribution in [-0.4, -0.2) is 24.4 Å². The maximum Gasteiger partial charge on any atom is 0.130 e. The minimum Gasteiger partial charge on any atom is -0.508 e. The highest BCUT2D eigenvalue weighted by Gasteiger charge is 1.95. The van der Waals surface area contributed by atoms with Gasteiger partial charge in [0.05, 0.1) is 4.47 Å². The van der Waals surface area contributed by atoms with Gasteiger partial charge in [0.25, 0.3) is 0 Å². The fourth-order valence-electron chi connectivity index (χ4n) is 0.496. The summed E-state index contributed by atoms with van der Waals surface area (Å²) >= 11 is 3.04. The van der Waals surface area contributed by atoms with Crippen molar-refractivity contribution >= 4 is 15.9 Å². The standard InChI is InChI=1S/C6H5BrO2.C2H6O/c7-5-3-4(8)1-2-6(5)9;1-3-2/h1-3,8-9H;1-2H3. The van der Waals surface area contributed by atoms with E-state index in [0.29, 0.717) is 4.47 Å². The van der Waals surface area contributed by atoms with E-state index in [2.05, 4.69) is 20.7 Å². The van der Waals surface area contributed by atoms with E-state index in [1.165, 1.54) is 18.2 Å². The zero-order chi connectivity index (χ0) is 9.56. The second kappa shape index (κ2) is 5.85. The minimum absolute atomic E-state index is 0.132. The summed E-state index contributed by atoms with van der Waals surface area (Å²) in [5.41, 5.74) is 0. The molecule has 68 valence electrons. The Balaban J connectivity index is 0.000000354. The number of phenols is 2. The van der Waals surface area contributed by atoms with Gasteiger partial charge in [-0.25, -0.2) is 0 Å². The fourth-order valence-corrected chi connectivity index (χ4v) is 0.863. The van der Waals surface area contributed by atoms with Gasteiger partial charge in [0, 0.05) is 14.2 Å². The van der Waals surface area contributed by atoms with Crippen LogP contribution in [0.1, 0.15) is 0 Å². The Bertz CT molecular complexity index is 238. The molecule has 0 saturated carbocycles. The van der Waals surface area contributed by atoms with Crippen molar-refractivity contribution in [3.63, 3.8) is 0 Å². The van der Waals surface area contributed by atoms with Crippen molar-refractivity contribution in [2.45, 2.75) is 0 Å². The molecule has 0 aliphatic heterocycles. The van der Waals surface area contributed by atoms with E-state index in [1.807, 2.05) is 0 Å². The third kappa shape index (κ3) is 4.20. The molecule has 0 fully saturated rings. The van der Waals surface area contributed by atoms with Gasteiger partial charge in [0.1, 0.15) is 11.5 Å². The van der Waals surface area contributed by atoms with Crippen LogP contribution < -0.4 is 0 Å². The molecule has 0 radical (unpaired) electrons. The van der Waals surface area contributed by atoms with Crippen LogP contribution in [0.25, 0.3) is 0 Å². The summed E-state index contributed by atoms with van der Waals surface area (Å²) in [7, 11) is 3.25. The van der Waals surface area contributed by atoms with E-state index < -0.39 is 0 Å². The van der Waals surface area contributed by atoms with Crippen LogP contribution in [0.4, 0.5) is 0 Å². The molecule has 0 aromatic heterocycles. The Kier molecular flexibility index (Phi) is 5.49. The Morgan fingerprint density at radius 3 is 2.08 bits per heavy atom. The van der Waals surface area contributed by atoms with Crippen LogP contribution >= 0.6 is 15.9 Å². The van der Waals surface area contributed by atoms with Gasteiger partial charge < -0.3 is 14.9 Å². The van der Waals surface area contributed by atoms with Gasteiger partial charge in [-0.2, -0.15) is 0 Å². The van der Waals surface area contributed by atoms with Gasteiger partial charge in [-0.3, -0.25) is 0 Å². The van der Waals surface area contributed by atoms with Gasteiger partial charge in [0.2, 0.25) is 0 Å². The molecule has 0 atom stereocenters. The van der Waals surface area contributed by atoms with Crippen molar-refractivity contribution in [3.05, 3.63) is 22.7 Å². The molecule has 0 unspecified atom stereocenters. The second-order valence-electron chi connectivity index (χ2n) is 2.04. The van der Waals surface area contributed by atoms with Gasteiger partial charge in [-0.15, -0.1) is 0 Å². The number of phenolic OH excluding ortho intramolecular Hbond substituents is 2. The first-order chi connectivity index (χ1) is 5.61. The summed E-state index contributed by atoms with van der Waals surface area (Å²) in [5, 5.41) is 17.7. The fraction of sp³-hybridized carbons (Fsp3) is 0.250. The first-order valence-electron chi connectivity index (χ1n) is 3.19. The first-order valence-corrected chi connectivity index (χ1v) is 3.98. The Labute approximate surface area is 79.7 Å². The van der Waals surface area contributed by atoms with Crippen LogP contribution in [0.5, 0.6) is 11.5 Å². The monoisotopic (exact) mass is 234 g/mol. The smallest absolute Gasteiger partial charge is 0.130 e. The van der Waals surface area contributed by atoms with E-state index in [-0.39, 0.29) is 11.5 Å². The molecule has 0 heterocycles. The summed E-state index contributed by atoms with van der Waals surface area (Å²) in [6, 6.07) is 4.26. The van der Waals surface area contributed by atoms with E-state index in [9.17, 15) is 0 Å². The lowest BCUT2D eigenvalue weighted by atomic mass is 10.3. The van der Waals surface area contributed by atoms with Crippen molar-refractivity contribution in [3.8, 4) is 11.5 Å². The lowest BCUT2D eigenvalue weighted by Gasteiger charge is -1.94. The maximum atomic E-state index is 8.89. The van der Waals surface area contributed by atoms with E-state index in [0.717, 1.165) is 0 Å². The topological polar surface area (TPSA) is 49.7 Å². The number of aromatic hydroxyl groups is 2. The maximum absolute atomic E-state index is 8.89. The normalized spacial score (nSPS) is 8.58. The molecule has 0 saturated heterocycles. The number of ether oxygens (including phenoxy) is 1. The molecule has 12 heavy (non-hydrogen) atoms. The zero-order valence-electron chi connectivity index (χ0n) is 6.91. The summed E-state index contributed by atoms with van der Waals surface area (Å²) in [6.07, 6.45) is 0. The lowest BCUT2D eigenvalue weighted by Crippen LogP contribution is -1.66. The van der Waals surface area contributed by atoms with Gasteiger partial charge in [-0.05, 0) is 34.1 Å². The first kappa shape index (κ1) is 11.3. The molecule has 0 amide bonds. The Morgan fingerprint density at radius 1 is 1.25 bits per heavy atom. The Morgan fingerprint density at radius 2 is 1.75 bits per heavy atom. The average molecular weight is 235 g/mol. The number of benzene rings is 1. The largest absolute Gasteiger partial charge is 0.508 e. The molecule has 2 N–H and O–H groups in total. The number of hydrogen-bond donors (Lipinski definition) is 2. The van der Waals surface area contributed by atoms with Crippen molar-refractivity contribution in [1.82, 2.24) is 0 Å². The van der Waals surface area contributed by atoms with Gasteiger partial charge >= 0.3 is 0 Å². The molecular weight excluding hydrogens is 224 g/mol. The number of rotatable bonds is 0. The second-order valence-corrected chi connectivity index (χ2v) is 2.90. The third-order valence-corrected chi connectivity index (χ3v) is 1.57. The summed E-state index contributed by atoms with van der Waals surface area (Å²) < 4.78 is 4.75. The molecule has 0 aliphatic rings. The zero-order valence-corrected chi connectivity index (χ0v) is 8.50. The van der Waals surface area contributed by atoms with Crippen molar-refractivity contribution < 1.29 is 14.9 Å². The lowest BCUT2D eigenvalue weighted by molar-refractivity contribution is 0.277. The van der Waals surface area contributed by atoms with Crippen LogP contribution in [0.3, 0.4) is 0 Å². The highest BCUT2D eigenvalue weighted by Crippen LogP contribution is 2.26. The highest BCUT2D eigenvalue weighted by molar-refractivity contribution is 9.10. The summed E-state index contributed by atoms with van der Waals surface area (Å²) in [6.45, 7) is 0.